The number of nitrogens with zero attached hydrogens (tertiary/aromatic N) is 6. The Bertz CT molecular complexity index is 493. The van der Waals surface area contributed by atoms with Crippen LogP contribution < -0.4 is 0 Å². The van der Waals surface area contributed by atoms with Crippen LogP contribution in [0.15, 0.2) is 18.7 Å². The van der Waals surface area contributed by atoms with Gasteiger partial charge in [0, 0.05) is 6.20 Å². The molecule has 2 aromatic heterocycles. The van der Waals surface area contributed by atoms with Crippen molar-refractivity contribution in [2.24, 2.45) is 0 Å². The first kappa shape index (κ1) is 13.7. The monoisotopic (exact) mass is 265 g/mol. The van der Waals surface area contributed by atoms with Gasteiger partial charge in [-0.2, -0.15) is 5.10 Å². The molecule has 2 aromatic rings. The summed E-state index contributed by atoms with van der Waals surface area (Å²) in [6, 6.07) is 0. The maximum atomic E-state index is 7.10. The largest absolute Gasteiger partial charge is 0.247 e. The van der Waals surface area contributed by atoms with Gasteiger partial charge in [0.05, 0.1) is 18.6 Å². The van der Waals surface area contributed by atoms with E-state index in [9.17, 15) is 0 Å². The van der Waals surface area contributed by atoms with E-state index in [1.54, 1.807) is 17.2 Å². The minimum absolute atomic E-state index is 0.0568. The van der Waals surface area contributed by atoms with Crippen LogP contribution in [0.25, 0.3) is 0 Å². The van der Waals surface area contributed by atoms with Crippen LogP contribution in [0.1, 0.15) is 48.7 Å². The fraction of sp³-hybridized carbons (Fsp3) is 0.692. The van der Waals surface area contributed by atoms with E-state index in [0.29, 0.717) is 0 Å². The van der Waals surface area contributed by atoms with Crippen LogP contribution in [0, 0.1) is 6.92 Å². The molecular weight excluding hydrogens is 240 g/mol. The lowest BCUT2D eigenvalue weighted by atomic mass is 10.1. The van der Waals surface area contributed by atoms with Crippen LogP contribution in [0.2, 0.25) is 0 Å². The molecule has 6 nitrogen and oxygen atoms in total. The van der Waals surface area contributed by atoms with Gasteiger partial charge in [0.1, 0.15) is 12.2 Å². The Morgan fingerprint density at radius 3 is 1.84 bits per heavy atom. The molecule has 0 unspecified atom stereocenters. The summed E-state index contributed by atoms with van der Waals surface area (Å²) in [7, 11) is 0. The third-order valence-corrected chi connectivity index (χ3v) is 2.36. The predicted molar refractivity (Wildman–Crippen MR) is 74.8 cm³/mol. The van der Waals surface area contributed by atoms with Crippen molar-refractivity contribution in [2.45, 2.75) is 59.5 Å². The maximum Gasteiger partial charge on any atom is 0.147 e. The molecule has 6 heteroatoms. The minimum Gasteiger partial charge on any atom is -0.247 e. The molecule has 0 aliphatic heterocycles. The van der Waals surface area contributed by atoms with Crippen LogP contribution in [-0.4, -0.2) is 29.8 Å². The Balaban J connectivity index is 0.000000200. The standard InChI is InChI=1S/C7H13N3.C6H11N3/c1-6-8-5-10(9-6)7(2,3)4;1-6(2,3)9-5-4-7-8-9/h5H,1-4H3;4-5H,1-3H3/i;4D. The lowest BCUT2D eigenvalue weighted by Gasteiger charge is -2.17. The lowest BCUT2D eigenvalue weighted by Crippen LogP contribution is -2.22. The summed E-state index contributed by atoms with van der Waals surface area (Å²) in [5, 5.41) is 11.5. The number of rotatable bonds is 0. The summed E-state index contributed by atoms with van der Waals surface area (Å²) in [6.07, 6.45) is 3.59. The van der Waals surface area contributed by atoms with Gasteiger partial charge in [-0.3, -0.25) is 0 Å². The molecule has 0 radical (unpaired) electrons. The zero-order chi connectivity index (χ0) is 15.6. The van der Waals surface area contributed by atoms with Gasteiger partial charge in [0.15, 0.2) is 0 Å². The molecule has 106 valence electrons. The fourth-order valence-corrected chi connectivity index (χ4v) is 1.18. The van der Waals surface area contributed by atoms with Gasteiger partial charge in [0.2, 0.25) is 0 Å². The smallest absolute Gasteiger partial charge is 0.147 e. The first-order chi connectivity index (χ1) is 9.00. The van der Waals surface area contributed by atoms with Gasteiger partial charge in [-0.1, -0.05) is 5.21 Å². The second kappa shape index (κ2) is 5.50. The number of aromatic nitrogens is 6. The topological polar surface area (TPSA) is 61.4 Å². The molecule has 0 atom stereocenters. The average molecular weight is 265 g/mol. The van der Waals surface area contributed by atoms with Crippen molar-refractivity contribution in [1.29, 1.82) is 0 Å². The fourth-order valence-electron chi connectivity index (χ4n) is 1.18. The zero-order valence-electron chi connectivity index (χ0n) is 13.8. The van der Waals surface area contributed by atoms with Crippen LogP contribution in [0.3, 0.4) is 0 Å². The molecule has 0 spiro atoms. The second-order valence-corrected chi connectivity index (χ2v) is 6.37. The van der Waals surface area contributed by atoms with Crippen molar-refractivity contribution in [3.63, 3.8) is 0 Å². The third-order valence-electron chi connectivity index (χ3n) is 2.36. The summed E-state index contributed by atoms with van der Waals surface area (Å²) >= 11 is 0. The average Bonchev–Trinajstić information content (AvgIpc) is 2.85. The molecule has 0 N–H and O–H groups in total. The first-order valence-electron chi connectivity index (χ1n) is 6.78. The number of hydrogen-bond donors (Lipinski definition) is 0. The van der Waals surface area contributed by atoms with Crippen LogP contribution >= 0.6 is 0 Å². The first-order valence-corrected chi connectivity index (χ1v) is 6.28. The molecule has 0 saturated carbocycles. The highest BCUT2D eigenvalue weighted by atomic mass is 15.4. The molecule has 2 rings (SSSR count). The Morgan fingerprint density at radius 1 is 1.05 bits per heavy atom. The van der Waals surface area contributed by atoms with E-state index in [-0.39, 0.29) is 17.3 Å². The highest BCUT2D eigenvalue weighted by Gasteiger charge is 2.13. The Hall–Kier alpha value is -1.72. The zero-order valence-corrected chi connectivity index (χ0v) is 12.8. The van der Waals surface area contributed by atoms with E-state index >= 15 is 0 Å². The molecule has 2 heterocycles. The van der Waals surface area contributed by atoms with Crippen LogP contribution in [-0.2, 0) is 11.1 Å². The molecule has 0 bridgehead atoms. The third kappa shape index (κ3) is 4.81. The van der Waals surface area contributed by atoms with Gasteiger partial charge in [0.25, 0.3) is 0 Å². The number of aryl methyl sites for hydroxylation is 1. The molecular formula is C13H24N6. The van der Waals surface area contributed by atoms with E-state index < -0.39 is 0 Å². The van der Waals surface area contributed by atoms with E-state index in [1.165, 1.54) is 0 Å². The van der Waals surface area contributed by atoms with Gasteiger partial charge >= 0.3 is 0 Å². The van der Waals surface area contributed by atoms with Crippen LogP contribution in [0.5, 0.6) is 0 Å². The molecule has 0 aliphatic rings. The predicted octanol–water partition coefficient (Wildman–Crippen LogP) is 2.37. The Kier molecular flexibility index (Phi) is 3.97. The van der Waals surface area contributed by atoms with Crippen molar-refractivity contribution in [3.8, 4) is 0 Å². The van der Waals surface area contributed by atoms with E-state index in [1.807, 2.05) is 32.4 Å². The van der Waals surface area contributed by atoms with Crippen molar-refractivity contribution in [2.75, 3.05) is 0 Å². The summed E-state index contributed by atoms with van der Waals surface area (Å²) in [4.78, 5) is 4.03. The van der Waals surface area contributed by atoms with Gasteiger partial charge in [-0.15, -0.1) is 5.10 Å². The summed E-state index contributed by atoms with van der Waals surface area (Å²) in [5.41, 5.74) is -0.00639. The van der Waals surface area contributed by atoms with Crippen molar-refractivity contribution >= 4 is 0 Å². The lowest BCUT2D eigenvalue weighted by molar-refractivity contribution is 0.347. The second-order valence-electron chi connectivity index (χ2n) is 6.37. The van der Waals surface area contributed by atoms with E-state index in [4.69, 9.17) is 1.37 Å². The molecule has 0 aromatic carbocycles. The Labute approximate surface area is 116 Å². The molecule has 0 amide bonds. The Morgan fingerprint density at radius 2 is 1.63 bits per heavy atom. The summed E-state index contributed by atoms with van der Waals surface area (Å²) in [5.74, 6) is 0.829. The van der Waals surface area contributed by atoms with Crippen molar-refractivity contribution in [1.82, 2.24) is 29.8 Å². The normalized spacial score (nSPS) is 12.7. The van der Waals surface area contributed by atoms with Gasteiger partial charge in [-0.05, 0) is 48.5 Å². The van der Waals surface area contributed by atoms with Gasteiger partial charge in [-0.25, -0.2) is 14.3 Å². The minimum atomic E-state index is -0.0632. The molecule has 0 fully saturated rings. The van der Waals surface area contributed by atoms with E-state index in [0.717, 1.165) is 5.82 Å². The molecule has 0 saturated heterocycles. The SMILES string of the molecule is Cc1ncn(C(C)(C)C)n1.[2H]c1cn(C(C)(C)C)nn1. The molecule has 19 heavy (non-hydrogen) atoms. The quantitative estimate of drug-likeness (QED) is 0.733. The van der Waals surface area contributed by atoms with Gasteiger partial charge < -0.3 is 0 Å². The highest BCUT2D eigenvalue weighted by Crippen LogP contribution is 2.10. The van der Waals surface area contributed by atoms with Crippen molar-refractivity contribution in [3.05, 3.63) is 24.5 Å². The highest BCUT2D eigenvalue weighted by molar-refractivity contribution is 4.80. The van der Waals surface area contributed by atoms with Crippen LogP contribution in [0.4, 0.5) is 0 Å². The van der Waals surface area contributed by atoms with E-state index in [2.05, 4.69) is 41.2 Å². The number of hydrogen-bond acceptors (Lipinski definition) is 4. The molecule has 0 aliphatic carbocycles. The maximum absolute atomic E-state index is 7.10. The summed E-state index contributed by atoms with van der Waals surface area (Å²) < 4.78 is 10.6. The van der Waals surface area contributed by atoms with Crippen molar-refractivity contribution < 1.29 is 1.37 Å². The summed E-state index contributed by atoms with van der Waals surface area (Å²) in [6.45, 7) is 14.2.